The van der Waals surface area contributed by atoms with E-state index in [0.717, 1.165) is 19.4 Å². The molecule has 1 aromatic rings. The van der Waals surface area contributed by atoms with Gasteiger partial charge in [0.25, 0.3) is 5.91 Å². The average molecular weight is 301 g/mol. The number of nitrogens with zero attached hydrogens (tertiary/aromatic N) is 3. The summed E-state index contributed by atoms with van der Waals surface area (Å²) < 4.78 is 0. The van der Waals surface area contributed by atoms with Crippen molar-refractivity contribution in [1.29, 1.82) is 0 Å². The zero-order valence-electron chi connectivity index (χ0n) is 13.8. The van der Waals surface area contributed by atoms with Crippen molar-refractivity contribution in [2.75, 3.05) is 20.6 Å². The normalized spacial score (nSPS) is 23.6. The van der Waals surface area contributed by atoms with E-state index in [1.165, 1.54) is 37.7 Å². The summed E-state index contributed by atoms with van der Waals surface area (Å²) in [5.74, 6) is 0.0781. The Labute approximate surface area is 133 Å². The first-order valence-corrected chi connectivity index (χ1v) is 8.60. The second kappa shape index (κ2) is 6.78. The second-order valence-corrected chi connectivity index (χ2v) is 6.82. The smallest absolute Gasteiger partial charge is 0.272 e. The predicted molar refractivity (Wildman–Crippen MR) is 87.8 cm³/mol. The van der Waals surface area contributed by atoms with Crippen LogP contribution in [0.5, 0.6) is 0 Å². The first-order chi connectivity index (χ1) is 10.7. The molecule has 0 unspecified atom stereocenters. The fraction of sp³-hybridized carbons (Fsp3) is 0.667. The predicted octanol–water partition coefficient (Wildman–Crippen LogP) is 3.25. The van der Waals surface area contributed by atoms with Gasteiger partial charge in [0, 0.05) is 25.3 Å². The lowest BCUT2D eigenvalue weighted by atomic mass is 9.94. The number of hydrogen-bond acceptors (Lipinski definition) is 3. The Bertz CT molecular complexity index is 525. The standard InChI is InChI=1S/C18H27N3O/c1-20-12-6-9-17(20)14-10-11-19-16(13-14)18(22)21(2)15-7-4-3-5-8-15/h10-11,13,15,17H,3-9,12H2,1-2H3/t17-/m1/s1. The maximum atomic E-state index is 12.7. The summed E-state index contributed by atoms with van der Waals surface area (Å²) in [5.41, 5.74) is 1.83. The highest BCUT2D eigenvalue weighted by molar-refractivity contribution is 5.92. The van der Waals surface area contributed by atoms with E-state index in [9.17, 15) is 4.79 Å². The van der Waals surface area contributed by atoms with Crippen LogP contribution in [0.15, 0.2) is 18.3 Å². The molecule has 1 saturated heterocycles. The van der Waals surface area contributed by atoms with Crippen LogP contribution in [0.2, 0.25) is 0 Å². The van der Waals surface area contributed by atoms with Crippen molar-refractivity contribution in [3.8, 4) is 0 Å². The lowest BCUT2D eigenvalue weighted by Crippen LogP contribution is -2.38. The van der Waals surface area contributed by atoms with E-state index in [0.29, 0.717) is 17.8 Å². The average Bonchev–Trinajstić information content (AvgIpc) is 3.00. The topological polar surface area (TPSA) is 36.4 Å². The third-order valence-corrected chi connectivity index (χ3v) is 5.35. The Morgan fingerprint density at radius 3 is 2.68 bits per heavy atom. The molecule has 4 heteroatoms. The van der Waals surface area contributed by atoms with Gasteiger partial charge in [-0.05, 0) is 57.0 Å². The molecule has 0 N–H and O–H groups in total. The minimum absolute atomic E-state index is 0.0781. The fourth-order valence-corrected chi connectivity index (χ4v) is 3.92. The van der Waals surface area contributed by atoms with Crippen LogP contribution in [0.3, 0.4) is 0 Å². The summed E-state index contributed by atoms with van der Waals surface area (Å²) in [4.78, 5) is 21.4. The lowest BCUT2D eigenvalue weighted by molar-refractivity contribution is 0.0690. The number of rotatable bonds is 3. The Morgan fingerprint density at radius 1 is 1.23 bits per heavy atom. The summed E-state index contributed by atoms with van der Waals surface area (Å²) >= 11 is 0. The van der Waals surface area contributed by atoms with Crippen molar-refractivity contribution in [3.05, 3.63) is 29.6 Å². The molecule has 1 amide bonds. The molecule has 0 aromatic carbocycles. The van der Waals surface area contributed by atoms with Gasteiger partial charge in [-0.15, -0.1) is 0 Å². The van der Waals surface area contributed by atoms with E-state index in [1.54, 1.807) is 6.20 Å². The molecule has 1 aliphatic carbocycles. The van der Waals surface area contributed by atoms with Crippen LogP contribution in [-0.2, 0) is 0 Å². The molecule has 2 heterocycles. The number of amides is 1. The molecule has 2 aliphatic rings. The van der Waals surface area contributed by atoms with Crippen LogP contribution in [0.4, 0.5) is 0 Å². The van der Waals surface area contributed by atoms with E-state index in [2.05, 4.69) is 23.0 Å². The Hall–Kier alpha value is -1.42. The largest absolute Gasteiger partial charge is 0.337 e. The number of carbonyl (C=O) groups excluding carboxylic acids is 1. The summed E-state index contributed by atoms with van der Waals surface area (Å²) in [6.45, 7) is 1.14. The van der Waals surface area contributed by atoms with Gasteiger partial charge in [-0.2, -0.15) is 0 Å². The monoisotopic (exact) mass is 301 g/mol. The van der Waals surface area contributed by atoms with Gasteiger partial charge in [0.2, 0.25) is 0 Å². The summed E-state index contributed by atoms with van der Waals surface area (Å²) in [6.07, 6.45) is 10.2. The molecule has 120 valence electrons. The molecule has 2 fully saturated rings. The molecule has 0 spiro atoms. The van der Waals surface area contributed by atoms with E-state index < -0.39 is 0 Å². The number of hydrogen-bond donors (Lipinski definition) is 0. The van der Waals surface area contributed by atoms with Crippen LogP contribution in [0.25, 0.3) is 0 Å². The fourth-order valence-electron chi connectivity index (χ4n) is 3.92. The first kappa shape index (κ1) is 15.5. The third kappa shape index (κ3) is 3.17. The lowest BCUT2D eigenvalue weighted by Gasteiger charge is -2.31. The van der Waals surface area contributed by atoms with Gasteiger partial charge in [-0.1, -0.05) is 19.3 Å². The number of likely N-dealkylation sites (tertiary alicyclic amines) is 1. The highest BCUT2D eigenvalue weighted by Crippen LogP contribution is 2.30. The number of pyridine rings is 1. The molecule has 22 heavy (non-hydrogen) atoms. The van der Waals surface area contributed by atoms with Gasteiger partial charge in [0.1, 0.15) is 5.69 Å². The number of carbonyl (C=O) groups is 1. The minimum atomic E-state index is 0.0781. The summed E-state index contributed by atoms with van der Waals surface area (Å²) in [7, 11) is 4.10. The molecule has 0 bridgehead atoms. The van der Waals surface area contributed by atoms with E-state index in [4.69, 9.17) is 0 Å². The summed E-state index contributed by atoms with van der Waals surface area (Å²) in [5, 5.41) is 0. The van der Waals surface area contributed by atoms with Gasteiger partial charge in [0.15, 0.2) is 0 Å². The molecular formula is C18H27N3O. The van der Waals surface area contributed by atoms with Crippen LogP contribution >= 0.6 is 0 Å². The molecular weight excluding hydrogens is 274 g/mol. The molecule has 0 radical (unpaired) electrons. The van der Waals surface area contributed by atoms with Crippen LogP contribution in [0, 0.1) is 0 Å². The zero-order chi connectivity index (χ0) is 15.5. The molecule has 1 aromatic heterocycles. The maximum absolute atomic E-state index is 12.7. The van der Waals surface area contributed by atoms with Gasteiger partial charge in [0.05, 0.1) is 0 Å². The van der Waals surface area contributed by atoms with Crippen molar-refractivity contribution in [1.82, 2.24) is 14.8 Å². The summed E-state index contributed by atoms with van der Waals surface area (Å²) in [6, 6.07) is 4.90. The van der Waals surface area contributed by atoms with E-state index in [1.807, 2.05) is 18.0 Å². The molecule has 4 nitrogen and oxygen atoms in total. The Morgan fingerprint density at radius 2 is 2.00 bits per heavy atom. The highest BCUT2D eigenvalue weighted by atomic mass is 16.2. The van der Waals surface area contributed by atoms with Gasteiger partial charge in [-0.25, -0.2) is 0 Å². The second-order valence-electron chi connectivity index (χ2n) is 6.82. The van der Waals surface area contributed by atoms with Crippen molar-refractivity contribution in [3.63, 3.8) is 0 Å². The Balaban J connectivity index is 1.74. The van der Waals surface area contributed by atoms with Crippen LogP contribution in [-0.4, -0.2) is 47.4 Å². The zero-order valence-corrected chi connectivity index (χ0v) is 13.8. The van der Waals surface area contributed by atoms with Gasteiger partial charge >= 0.3 is 0 Å². The minimum Gasteiger partial charge on any atom is -0.337 e. The maximum Gasteiger partial charge on any atom is 0.272 e. The highest BCUT2D eigenvalue weighted by Gasteiger charge is 2.26. The van der Waals surface area contributed by atoms with Crippen LogP contribution < -0.4 is 0 Å². The van der Waals surface area contributed by atoms with Crippen LogP contribution in [0.1, 0.15) is 67.0 Å². The molecule has 3 rings (SSSR count). The number of aromatic nitrogens is 1. The third-order valence-electron chi connectivity index (χ3n) is 5.35. The molecule has 1 aliphatic heterocycles. The SMILES string of the molecule is CN(C(=O)c1cc([C@H]2CCCN2C)ccn1)C1CCCCC1. The van der Waals surface area contributed by atoms with Crippen molar-refractivity contribution in [2.45, 2.75) is 57.0 Å². The molecule has 1 saturated carbocycles. The van der Waals surface area contributed by atoms with Gasteiger partial charge in [-0.3, -0.25) is 14.7 Å². The van der Waals surface area contributed by atoms with E-state index >= 15 is 0 Å². The first-order valence-electron chi connectivity index (χ1n) is 8.60. The van der Waals surface area contributed by atoms with Crippen molar-refractivity contribution >= 4 is 5.91 Å². The van der Waals surface area contributed by atoms with Gasteiger partial charge < -0.3 is 4.90 Å². The molecule has 1 atom stereocenters. The quantitative estimate of drug-likeness (QED) is 0.860. The van der Waals surface area contributed by atoms with Crippen molar-refractivity contribution in [2.24, 2.45) is 0 Å². The Kier molecular flexibility index (Phi) is 4.77. The van der Waals surface area contributed by atoms with E-state index in [-0.39, 0.29) is 5.91 Å². The van der Waals surface area contributed by atoms with Crippen molar-refractivity contribution < 1.29 is 4.79 Å².